The molecule has 6 rings (SSSR count). The Labute approximate surface area is 332 Å². The molecule has 0 aromatic heterocycles. The van der Waals surface area contributed by atoms with Crippen molar-refractivity contribution >= 4 is 45.2 Å². The summed E-state index contributed by atoms with van der Waals surface area (Å²) in [5.74, 6) is -1.22. The van der Waals surface area contributed by atoms with Crippen LogP contribution in [0.15, 0.2) is 121 Å². The van der Waals surface area contributed by atoms with Crippen LogP contribution < -0.4 is 32.0 Å². The number of benzene rings is 6. The number of carbonyl (C=O) groups is 4. The third-order valence-corrected chi connectivity index (χ3v) is 8.23. The van der Waals surface area contributed by atoms with Gasteiger partial charge in [-0.15, -0.1) is 0 Å². The molecule has 8 N–H and O–H groups in total. The summed E-state index contributed by atoms with van der Waals surface area (Å²) >= 11 is 0. The Morgan fingerprint density at radius 2 is 0.983 bits per heavy atom. The number of ether oxygens (including phenoxy) is 2. The summed E-state index contributed by atoms with van der Waals surface area (Å²) in [4.78, 5) is 44.2. The van der Waals surface area contributed by atoms with Crippen molar-refractivity contribution in [1.29, 1.82) is 0 Å². The fourth-order valence-corrected chi connectivity index (χ4v) is 4.99. The number of aromatic carboxylic acids is 1. The molecule has 6 aromatic rings. The summed E-state index contributed by atoms with van der Waals surface area (Å²) in [6.07, 6.45) is -8.81. The molecule has 3 amide bonds. The van der Waals surface area contributed by atoms with Gasteiger partial charge in [-0.1, -0.05) is 24.3 Å². The van der Waals surface area contributed by atoms with Crippen molar-refractivity contribution in [1.82, 2.24) is 5.32 Å². The van der Waals surface area contributed by atoms with Crippen LogP contribution in [0.5, 0.6) is 23.0 Å². The van der Waals surface area contributed by atoms with Crippen molar-refractivity contribution in [3.05, 3.63) is 144 Å². The van der Waals surface area contributed by atoms with Gasteiger partial charge in [0.25, 0.3) is 5.91 Å². The average molecular weight is 823 g/mol. The van der Waals surface area contributed by atoms with E-state index in [1.807, 2.05) is 0 Å². The molecule has 0 saturated carbocycles. The van der Waals surface area contributed by atoms with Crippen LogP contribution in [0.4, 0.5) is 26.3 Å². The minimum Gasteiger partial charge on any atom is -0.478 e. The van der Waals surface area contributed by atoms with Crippen molar-refractivity contribution in [2.24, 2.45) is 17.2 Å². The molecule has 2 atom stereocenters. The molecule has 0 radical (unpaired) electrons. The van der Waals surface area contributed by atoms with E-state index < -0.39 is 59.3 Å². The first kappa shape index (κ1) is 44.6. The number of carboxylic acids is 1. The van der Waals surface area contributed by atoms with Crippen molar-refractivity contribution in [2.45, 2.75) is 38.3 Å². The lowest BCUT2D eigenvalue weighted by Crippen LogP contribution is -2.42. The van der Waals surface area contributed by atoms with Crippen molar-refractivity contribution in [3.8, 4) is 23.0 Å². The molecule has 0 fully saturated rings. The number of hydrogen-bond donors (Lipinski definition) is 5. The first-order valence-corrected chi connectivity index (χ1v) is 17.3. The minimum absolute atomic E-state index is 0.147. The van der Waals surface area contributed by atoms with Crippen LogP contribution in [0.25, 0.3) is 21.5 Å². The largest absolute Gasteiger partial charge is 0.478 e. The molecule has 0 saturated heterocycles. The van der Waals surface area contributed by atoms with Crippen LogP contribution in [0.1, 0.15) is 45.7 Å². The maximum Gasteiger partial charge on any atom is 0.416 e. The molecule has 0 aliphatic rings. The Hall–Kier alpha value is -7.14. The Morgan fingerprint density at radius 1 is 0.593 bits per heavy atom. The van der Waals surface area contributed by atoms with Gasteiger partial charge in [0.15, 0.2) is 0 Å². The molecule has 308 valence electrons. The molecule has 17 heteroatoms. The summed E-state index contributed by atoms with van der Waals surface area (Å²) in [6.45, 7) is 3.03. The Bertz CT molecular complexity index is 2450. The number of nitrogens with one attached hydrogen (secondary N) is 1. The van der Waals surface area contributed by atoms with E-state index in [2.05, 4.69) is 11.1 Å². The number of fused-ring (bicyclic) bond motifs is 2. The minimum atomic E-state index is -4.42. The van der Waals surface area contributed by atoms with Crippen LogP contribution in [0.3, 0.4) is 0 Å². The van der Waals surface area contributed by atoms with Gasteiger partial charge >= 0.3 is 18.3 Å². The summed E-state index contributed by atoms with van der Waals surface area (Å²) in [6, 6.07) is 27.1. The lowest BCUT2D eigenvalue weighted by molar-refractivity contribution is -0.138. The molecule has 0 bridgehead atoms. The highest BCUT2D eigenvalue weighted by Gasteiger charge is 2.31. The van der Waals surface area contributed by atoms with Gasteiger partial charge in [0.2, 0.25) is 11.8 Å². The molecule has 59 heavy (non-hydrogen) atoms. The monoisotopic (exact) mass is 822 g/mol. The average Bonchev–Trinajstić information content (AvgIpc) is 3.18. The SMILES string of the molecule is C[C@H](N)C(N)=O.C[C@H](NC(=O)c1ccc2c(Oc3ccc(C(F)(F)F)cc3)cccc2c1)C(N)=O.O=C(O)c1ccc2c(Oc3ccc(C(F)(F)F)cc3)cccc2c1. The van der Waals surface area contributed by atoms with Gasteiger partial charge in [0, 0.05) is 16.3 Å². The predicted octanol–water partition coefficient (Wildman–Crippen LogP) is 8.42. The van der Waals surface area contributed by atoms with E-state index in [9.17, 15) is 45.5 Å². The second kappa shape index (κ2) is 18.9. The second-order valence-corrected chi connectivity index (χ2v) is 12.7. The number of carboxylic acid groups (broad SMARTS) is 1. The molecular weight excluding hydrogens is 786 g/mol. The highest BCUT2D eigenvalue weighted by molar-refractivity contribution is 6.01. The molecule has 0 heterocycles. The van der Waals surface area contributed by atoms with Gasteiger partial charge in [0.05, 0.1) is 22.7 Å². The Morgan fingerprint density at radius 3 is 1.34 bits per heavy atom. The van der Waals surface area contributed by atoms with E-state index in [0.717, 1.165) is 24.3 Å². The fraction of sp³-hybridized carbons (Fsp3) is 0.143. The van der Waals surface area contributed by atoms with Crippen molar-refractivity contribution in [2.75, 3.05) is 0 Å². The summed E-state index contributed by atoms with van der Waals surface area (Å²) in [5.41, 5.74) is 13.7. The maximum atomic E-state index is 12.7. The van der Waals surface area contributed by atoms with E-state index >= 15 is 0 Å². The molecule has 0 unspecified atom stereocenters. The smallest absolute Gasteiger partial charge is 0.416 e. The highest BCUT2D eigenvalue weighted by Crippen LogP contribution is 2.35. The molecule has 0 spiro atoms. The van der Waals surface area contributed by atoms with E-state index in [4.69, 9.17) is 26.0 Å². The topological polar surface area (TPSA) is 197 Å². The summed E-state index contributed by atoms with van der Waals surface area (Å²) in [5, 5.41) is 14.2. The molecule has 11 nitrogen and oxygen atoms in total. The fourth-order valence-electron chi connectivity index (χ4n) is 4.99. The molecule has 6 aromatic carbocycles. The Kier molecular flexibility index (Phi) is 14.3. The lowest BCUT2D eigenvalue weighted by atomic mass is 10.1. The third kappa shape index (κ3) is 12.4. The summed E-state index contributed by atoms with van der Waals surface area (Å²) < 4.78 is 87.1. The molecule has 0 aliphatic heterocycles. The number of alkyl halides is 6. The lowest BCUT2D eigenvalue weighted by Gasteiger charge is -2.13. The van der Waals surface area contributed by atoms with Crippen molar-refractivity contribution < 1.29 is 60.1 Å². The Balaban J connectivity index is 0.000000232. The number of rotatable bonds is 9. The molecular formula is C42H36F6N4O7. The standard InChI is InChI=1S/C21H17F3N2O3.C18H11F3O3.C3H8N2O/c1-12(19(25)27)26-20(28)14-5-10-17-13(11-14)3-2-4-18(17)29-16-8-6-15(7-9-16)21(22,23)24;19-18(20,21)13-5-7-14(8-6-13)24-16-3-1-2-11-10-12(17(22)23)4-9-15(11)16;1-2(4)3(5)6/h2-12H,1H3,(H2,25,27)(H,26,28);1-10H,(H,22,23);2H,4H2,1H3,(H2,5,6)/t12-;;2-/m0.0/s1. The van der Waals surface area contributed by atoms with Crippen LogP contribution in [0.2, 0.25) is 0 Å². The zero-order valence-electron chi connectivity index (χ0n) is 31.1. The van der Waals surface area contributed by atoms with Gasteiger partial charge in [-0.2, -0.15) is 26.3 Å². The van der Waals surface area contributed by atoms with Gasteiger partial charge in [-0.25, -0.2) is 4.79 Å². The quantitative estimate of drug-likeness (QED) is 0.0896. The van der Waals surface area contributed by atoms with E-state index in [1.54, 1.807) is 67.6 Å². The summed E-state index contributed by atoms with van der Waals surface area (Å²) in [7, 11) is 0. The zero-order chi connectivity index (χ0) is 43.7. The van der Waals surface area contributed by atoms with Gasteiger partial charge in [0.1, 0.15) is 29.0 Å². The van der Waals surface area contributed by atoms with Gasteiger partial charge in [-0.05, 0) is 122 Å². The molecule has 0 aliphatic carbocycles. The van der Waals surface area contributed by atoms with Crippen LogP contribution in [-0.4, -0.2) is 40.9 Å². The van der Waals surface area contributed by atoms with Crippen LogP contribution in [-0.2, 0) is 21.9 Å². The third-order valence-electron chi connectivity index (χ3n) is 8.23. The number of primary amides is 2. The zero-order valence-corrected chi connectivity index (χ0v) is 31.1. The number of amides is 3. The predicted molar refractivity (Wildman–Crippen MR) is 207 cm³/mol. The number of halogens is 6. The normalized spacial score (nSPS) is 12.2. The second-order valence-electron chi connectivity index (χ2n) is 12.7. The van der Waals surface area contributed by atoms with Crippen LogP contribution in [0, 0.1) is 0 Å². The number of hydrogen-bond acceptors (Lipinski definition) is 7. The van der Waals surface area contributed by atoms with Gasteiger partial charge < -0.3 is 37.1 Å². The highest BCUT2D eigenvalue weighted by atomic mass is 19.4. The number of nitrogens with two attached hydrogens (primary N) is 3. The van der Waals surface area contributed by atoms with Crippen LogP contribution >= 0.6 is 0 Å². The van der Waals surface area contributed by atoms with Crippen molar-refractivity contribution in [3.63, 3.8) is 0 Å². The maximum absolute atomic E-state index is 12.7. The van der Waals surface area contributed by atoms with Gasteiger partial charge in [-0.3, -0.25) is 14.4 Å². The van der Waals surface area contributed by atoms with E-state index in [1.165, 1.54) is 43.3 Å². The first-order chi connectivity index (χ1) is 27.6. The van der Waals surface area contributed by atoms with E-state index in [-0.39, 0.29) is 17.1 Å². The van der Waals surface area contributed by atoms with E-state index in [0.29, 0.717) is 38.6 Å². The first-order valence-electron chi connectivity index (χ1n) is 17.3. The number of carbonyl (C=O) groups excluding carboxylic acids is 3.